The largest absolute Gasteiger partial charge is 0.326 e. The minimum atomic E-state index is 0.0271. The van der Waals surface area contributed by atoms with Crippen LogP contribution in [0.4, 0.5) is 0 Å². The first-order chi connectivity index (χ1) is 9.67. The molecule has 1 aliphatic heterocycles. The van der Waals surface area contributed by atoms with Gasteiger partial charge in [0.25, 0.3) is 0 Å². The molecule has 4 nitrogen and oxygen atoms in total. The average molecular weight is 273 g/mol. The zero-order chi connectivity index (χ0) is 14.1. The third-order valence-electron chi connectivity index (χ3n) is 4.42. The highest BCUT2D eigenvalue weighted by Gasteiger charge is 2.20. The molecule has 108 valence electrons. The lowest BCUT2D eigenvalue weighted by Gasteiger charge is -2.31. The lowest BCUT2D eigenvalue weighted by molar-refractivity contribution is 0.170. The van der Waals surface area contributed by atoms with Crippen LogP contribution in [0.1, 0.15) is 25.3 Å². The zero-order valence-corrected chi connectivity index (χ0v) is 12.4. The summed E-state index contributed by atoms with van der Waals surface area (Å²) in [6, 6.07) is 6.15. The summed E-state index contributed by atoms with van der Waals surface area (Å²) in [7, 11) is 0. The van der Waals surface area contributed by atoms with Crippen LogP contribution in [0.3, 0.4) is 0 Å². The number of benzene rings is 1. The molecule has 1 unspecified atom stereocenters. The second-order valence-corrected chi connectivity index (χ2v) is 5.96. The highest BCUT2D eigenvalue weighted by atomic mass is 16.1. The molecule has 1 fully saturated rings. The first kappa shape index (κ1) is 13.4. The molecule has 1 aromatic carbocycles. The Kier molecular flexibility index (Phi) is 3.66. The van der Waals surface area contributed by atoms with Crippen molar-refractivity contribution in [2.45, 2.75) is 33.2 Å². The topological polar surface area (TPSA) is 41.0 Å². The van der Waals surface area contributed by atoms with Crippen molar-refractivity contribution in [2.75, 3.05) is 19.6 Å². The van der Waals surface area contributed by atoms with Crippen LogP contribution in [0.25, 0.3) is 11.0 Å². The van der Waals surface area contributed by atoms with E-state index in [1.165, 1.54) is 24.9 Å². The summed E-state index contributed by atoms with van der Waals surface area (Å²) in [6.07, 6.45) is 2.47. The maximum Gasteiger partial charge on any atom is 0.326 e. The fourth-order valence-corrected chi connectivity index (χ4v) is 3.29. The Bertz CT molecular complexity index is 655. The highest BCUT2D eigenvalue weighted by Crippen LogP contribution is 2.20. The molecule has 4 heteroatoms. The van der Waals surface area contributed by atoms with Gasteiger partial charge in [0.1, 0.15) is 0 Å². The minimum absolute atomic E-state index is 0.0271. The number of hydrogen-bond acceptors (Lipinski definition) is 2. The van der Waals surface area contributed by atoms with Crippen molar-refractivity contribution in [1.29, 1.82) is 0 Å². The van der Waals surface area contributed by atoms with Gasteiger partial charge in [-0.25, -0.2) is 4.79 Å². The third-order valence-corrected chi connectivity index (χ3v) is 4.42. The van der Waals surface area contributed by atoms with Gasteiger partial charge in [-0.2, -0.15) is 0 Å². The van der Waals surface area contributed by atoms with Crippen LogP contribution in [0.5, 0.6) is 0 Å². The van der Waals surface area contributed by atoms with Crippen molar-refractivity contribution < 1.29 is 0 Å². The van der Waals surface area contributed by atoms with Gasteiger partial charge >= 0.3 is 5.69 Å². The van der Waals surface area contributed by atoms with E-state index in [2.05, 4.69) is 29.8 Å². The van der Waals surface area contributed by atoms with Crippen LogP contribution in [0, 0.1) is 12.8 Å². The highest BCUT2D eigenvalue weighted by molar-refractivity contribution is 5.75. The average Bonchev–Trinajstić information content (AvgIpc) is 2.75. The Balaban J connectivity index is 1.88. The molecule has 1 atom stereocenters. The summed E-state index contributed by atoms with van der Waals surface area (Å²) in [5, 5.41) is 0. The molecule has 1 saturated heterocycles. The normalized spacial score (nSPS) is 20.6. The number of imidazole rings is 1. The van der Waals surface area contributed by atoms with Crippen LogP contribution >= 0.6 is 0 Å². The number of H-pyrrole nitrogens is 1. The Labute approximate surface area is 119 Å². The molecule has 0 spiro atoms. The third kappa shape index (κ3) is 2.52. The van der Waals surface area contributed by atoms with Crippen molar-refractivity contribution in [3.05, 3.63) is 34.2 Å². The number of piperidine rings is 1. The molecule has 20 heavy (non-hydrogen) atoms. The number of likely N-dealkylation sites (tertiary alicyclic amines) is 1. The summed E-state index contributed by atoms with van der Waals surface area (Å²) < 4.78 is 1.92. The molecule has 3 rings (SSSR count). The van der Waals surface area contributed by atoms with Gasteiger partial charge in [0.05, 0.1) is 11.0 Å². The van der Waals surface area contributed by atoms with Crippen LogP contribution in [-0.2, 0) is 6.54 Å². The quantitative estimate of drug-likeness (QED) is 0.932. The summed E-state index contributed by atoms with van der Waals surface area (Å²) >= 11 is 0. The maximum absolute atomic E-state index is 12.2. The number of aryl methyl sites for hydroxylation is 1. The predicted molar refractivity (Wildman–Crippen MR) is 82.1 cm³/mol. The number of rotatable bonds is 3. The SMILES string of the molecule is CCN1CCCC(Cn2c(=O)[nH]c3ccc(C)cc32)C1. The van der Waals surface area contributed by atoms with E-state index >= 15 is 0 Å². The Hall–Kier alpha value is -1.55. The predicted octanol–water partition coefficient (Wildman–Crippen LogP) is 2.37. The van der Waals surface area contributed by atoms with E-state index < -0.39 is 0 Å². The van der Waals surface area contributed by atoms with Gasteiger partial charge in [-0.1, -0.05) is 13.0 Å². The molecule has 0 amide bonds. The number of nitrogens with zero attached hydrogens (tertiary/aromatic N) is 2. The number of nitrogens with one attached hydrogen (secondary N) is 1. The van der Waals surface area contributed by atoms with E-state index in [1.807, 2.05) is 16.7 Å². The number of fused-ring (bicyclic) bond motifs is 1. The minimum Gasteiger partial charge on any atom is -0.306 e. The van der Waals surface area contributed by atoms with Crippen molar-refractivity contribution in [3.63, 3.8) is 0 Å². The molecule has 0 saturated carbocycles. The molecule has 0 bridgehead atoms. The summed E-state index contributed by atoms with van der Waals surface area (Å²) in [5.41, 5.74) is 3.22. The molecular formula is C16H23N3O. The van der Waals surface area contributed by atoms with Crippen LogP contribution < -0.4 is 5.69 Å². The molecule has 0 radical (unpaired) electrons. The summed E-state index contributed by atoms with van der Waals surface area (Å²) in [6.45, 7) is 8.54. The number of aromatic nitrogens is 2. The zero-order valence-electron chi connectivity index (χ0n) is 12.4. The van der Waals surface area contributed by atoms with Crippen LogP contribution in [-0.4, -0.2) is 34.1 Å². The standard InChI is InChI=1S/C16H23N3O/c1-3-18-8-4-5-13(10-18)11-19-15-9-12(2)6-7-14(15)17-16(19)20/h6-7,9,13H,3-5,8,10-11H2,1-2H3,(H,17,20). The van der Waals surface area contributed by atoms with Gasteiger partial charge in [-0.15, -0.1) is 0 Å². The Morgan fingerprint density at radius 2 is 2.25 bits per heavy atom. The van der Waals surface area contributed by atoms with E-state index in [9.17, 15) is 4.79 Å². The van der Waals surface area contributed by atoms with Gasteiger partial charge in [0.15, 0.2) is 0 Å². The van der Waals surface area contributed by atoms with E-state index in [4.69, 9.17) is 0 Å². The lowest BCUT2D eigenvalue weighted by Crippen LogP contribution is -2.37. The molecule has 1 aromatic heterocycles. The van der Waals surface area contributed by atoms with Crippen molar-refractivity contribution in [2.24, 2.45) is 5.92 Å². The first-order valence-electron chi connectivity index (χ1n) is 7.59. The molecular weight excluding hydrogens is 250 g/mol. The molecule has 1 aliphatic rings. The monoisotopic (exact) mass is 273 g/mol. The summed E-state index contributed by atoms with van der Waals surface area (Å²) in [4.78, 5) is 17.6. The van der Waals surface area contributed by atoms with E-state index in [0.29, 0.717) is 5.92 Å². The first-order valence-corrected chi connectivity index (χ1v) is 7.59. The number of hydrogen-bond donors (Lipinski definition) is 1. The molecule has 2 aromatic rings. The van der Waals surface area contributed by atoms with Crippen LogP contribution in [0.15, 0.2) is 23.0 Å². The van der Waals surface area contributed by atoms with Gasteiger partial charge in [-0.05, 0) is 56.5 Å². The maximum atomic E-state index is 12.2. The van der Waals surface area contributed by atoms with Crippen molar-refractivity contribution in [3.8, 4) is 0 Å². The molecule has 0 aliphatic carbocycles. The summed E-state index contributed by atoms with van der Waals surface area (Å²) in [5.74, 6) is 0.584. The smallest absolute Gasteiger partial charge is 0.306 e. The van der Waals surface area contributed by atoms with Gasteiger partial charge in [0.2, 0.25) is 0 Å². The molecule has 2 heterocycles. The van der Waals surface area contributed by atoms with E-state index in [0.717, 1.165) is 30.7 Å². The lowest BCUT2D eigenvalue weighted by atomic mass is 9.98. The Morgan fingerprint density at radius 1 is 1.40 bits per heavy atom. The van der Waals surface area contributed by atoms with Gasteiger partial charge in [0, 0.05) is 13.1 Å². The Morgan fingerprint density at radius 3 is 3.05 bits per heavy atom. The van der Waals surface area contributed by atoms with Crippen molar-refractivity contribution >= 4 is 11.0 Å². The number of aromatic amines is 1. The fourth-order valence-electron chi connectivity index (χ4n) is 3.29. The second-order valence-electron chi connectivity index (χ2n) is 5.96. The van der Waals surface area contributed by atoms with Gasteiger partial charge < -0.3 is 9.88 Å². The van der Waals surface area contributed by atoms with E-state index in [-0.39, 0.29) is 5.69 Å². The van der Waals surface area contributed by atoms with Gasteiger partial charge in [-0.3, -0.25) is 4.57 Å². The molecule has 1 N–H and O–H groups in total. The second kappa shape index (κ2) is 5.44. The van der Waals surface area contributed by atoms with E-state index in [1.54, 1.807) is 0 Å². The van der Waals surface area contributed by atoms with Crippen molar-refractivity contribution in [1.82, 2.24) is 14.5 Å². The fraction of sp³-hybridized carbons (Fsp3) is 0.562. The van der Waals surface area contributed by atoms with Crippen LogP contribution in [0.2, 0.25) is 0 Å².